The maximum atomic E-state index is 11.8. The molecule has 0 N–H and O–H groups in total. The van der Waals surface area contributed by atoms with Crippen molar-refractivity contribution in [3.63, 3.8) is 0 Å². The number of likely N-dealkylation sites (N-methyl/N-ethyl adjacent to an activating group) is 2. The van der Waals surface area contributed by atoms with E-state index < -0.39 is 0 Å². The summed E-state index contributed by atoms with van der Waals surface area (Å²) >= 11 is 0. The number of rotatable bonds is 6. The van der Waals surface area contributed by atoms with Crippen molar-refractivity contribution in [1.29, 1.82) is 0 Å². The van der Waals surface area contributed by atoms with Crippen LogP contribution in [0.15, 0.2) is 22.8 Å². The third kappa shape index (κ3) is 4.21. The highest BCUT2D eigenvalue weighted by Crippen LogP contribution is 2.40. The van der Waals surface area contributed by atoms with Crippen LogP contribution in [0.5, 0.6) is 0 Å². The zero-order valence-electron chi connectivity index (χ0n) is 11.8. The highest BCUT2D eigenvalue weighted by Gasteiger charge is 2.27. The van der Waals surface area contributed by atoms with E-state index >= 15 is 0 Å². The van der Waals surface area contributed by atoms with Crippen molar-refractivity contribution in [2.24, 2.45) is 0 Å². The molecular weight excluding hydrogens is 242 g/mol. The Hall–Kier alpha value is -1.62. The summed E-state index contributed by atoms with van der Waals surface area (Å²) in [4.78, 5) is 19.7. The first-order valence-corrected chi connectivity index (χ1v) is 6.57. The topological polar surface area (TPSA) is 49.6 Å². The SMILES string of the molecule is CN(C)C/C=C/C(=O)N(C)Cc1ncc(C2CC2)o1. The van der Waals surface area contributed by atoms with E-state index in [4.69, 9.17) is 4.42 Å². The summed E-state index contributed by atoms with van der Waals surface area (Å²) in [6.07, 6.45) is 7.61. The van der Waals surface area contributed by atoms with Gasteiger partial charge in [-0.25, -0.2) is 4.98 Å². The Bertz CT molecular complexity index is 461. The molecular formula is C14H21N3O2. The standard InChI is InChI=1S/C14H21N3O2/c1-16(2)8-4-5-14(18)17(3)10-13-15-9-12(19-13)11-6-7-11/h4-5,9,11H,6-8,10H2,1-3H3/b5-4+. The number of hydrogen-bond donors (Lipinski definition) is 0. The summed E-state index contributed by atoms with van der Waals surface area (Å²) in [7, 11) is 5.68. The van der Waals surface area contributed by atoms with E-state index in [1.54, 1.807) is 24.2 Å². The van der Waals surface area contributed by atoms with Gasteiger partial charge in [-0.15, -0.1) is 0 Å². The van der Waals surface area contributed by atoms with Gasteiger partial charge in [0, 0.05) is 25.6 Å². The molecule has 5 heteroatoms. The molecule has 0 bridgehead atoms. The first-order valence-electron chi connectivity index (χ1n) is 6.57. The summed E-state index contributed by atoms with van der Waals surface area (Å²) in [6, 6.07) is 0. The number of hydrogen-bond acceptors (Lipinski definition) is 4. The van der Waals surface area contributed by atoms with Crippen LogP contribution in [0.2, 0.25) is 0 Å². The van der Waals surface area contributed by atoms with Crippen molar-refractivity contribution in [1.82, 2.24) is 14.8 Å². The molecule has 1 aromatic heterocycles. The molecule has 0 saturated heterocycles. The third-order valence-electron chi connectivity index (χ3n) is 3.03. The molecule has 1 fully saturated rings. The van der Waals surface area contributed by atoms with Crippen molar-refractivity contribution < 1.29 is 9.21 Å². The van der Waals surface area contributed by atoms with Crippen LogP contribution in [0.4, 0.5) is 0 Å². The minimum atomic E-state index is -0.0342. The van der Waals surface area contributed by atoms with Crippen LogP contribution in [0, 0.1) is 0 Å². The van der Waals surface area contributed by atoms with Crippen LogP contribution in [0.25, 0.3) is 0 Å². The van der Waals surface area contributed by atoms with Crippen LogP contribution in [0.1, 0.15) is 30.4 Å². The van der Waals surface area contributed by atoms with Crippen LogP contribution >= 0.6 is 0 Å². The molecule has 0 radical (unpaired) electrons. The molecule has 0 atom stereocenters. The van der Waals surface area contributed by atoms with Crippen LogP contribution in [-0.4, -0.2) is 48.4 Å². The number of nitrogens with zero attached hydrogens (tertiary/aromatic N) is 3. The monoisotopic (exact) mass is 263 g/mol. The zero-order valence-corrected chi connectivity index (χ0v) is 11.8. The van der Waals surface area contributed by atoms with Gasteiger partial charge in [-0.1, -0.05) is 6.08 Å². The molecule has 0 spiro atoms. The average Bonchev–Trinajstić information content (AvgIpc) is 3.10. The molecule has 104 valence electrons. The Morgan fingerprint density at radius 2 is 2.21 bits per heavy atom. The fourth-order valence-electron chi connectivity index (χ4n) is 1.73. The van der Waals surface area contributed by atoms with Crippen molar-refractivity contribution in [3.05, 3.63) is 30.0 Å². The van der Waals surface area contributed by atoms with E-state index in [0.29, 0.717) is 18.4 Å². The van der Waals surface area contributed by atoms with Crippen LogP contribution in [-0.2, 0) is 11.3 Å². The molecule has 0 aromatic carbocycles. The van der Waals surface area contributed by atoms with Crippen molar-refractivity contribution in [2.45, 2.75) is 25.3 Å². The molecule has 1 aliphatic carbocycles. The lowest BCUT2D eigenvalue weighted by Gasteiger charge is -2.12. The maximum absolute atomic E-state index is 11.8. The molecule has 1 heterocycles. The second kappa shape index (κ2) is 6.02. The summed E-state index contributed by atoms with van der Waals surface area (Å²) < 4.78 is 5.63. The van der Waals surface area contributed by atoms with Gasteiger partial charge >= 0.3 is 0 Å². The largest absolute Gasteiger partial charge is 0.443 e. The summed E-state index contributed by atoms with van der Waals surface area (Å²) in [5.41, 5.74) is 0. The number of carbonyl (C=O) groups is 1. The Morgan fingerprint density at radius 3 is 2.84 bits per heavy atom. The number of carbonyl (C=O) groups excluding carboxylic acids is 1. The van der Waals surface area contributed by atoms with E-state index in [0.717, 1.165) is 12.3 Å². The summed E-state index contributed by atoms with van der Waals surface area (Å²) in [6.45, 7) is 1.17. The second-order valence-electron chi connectivity index (χ2n) is 5.29. The Balaban J connectivity index is 1.83. The van der Waals surface area contributed by atoms with Gasteiger partial charge in [0.1, 0.15) is 5.76 Å². The normalized spacial score (nSPS) is 15.4. The fraction of sp³-hybridized carbons (Fsp3) is 0.571. The highest BCUT2D eigenvalue weighted by molar-refractivity contribution is 5.87. The lowest BCUT2D eigenvalue weighted by Crippen LogP contribution is -2.24. The first-order chi connectivity index (χ1) is 9.06. The zero-order chi connectivity index (χ0) is 13.8. The first kappa shape index (κ1) is 13.8. The predicted octanol–water partition coefficient (Wildman–Crippen LogP) is 1.63. The van der Waals surface area contributed by atoms with Crippen molar-refractivity contribution >= 4 is 5.91 Å². The number of amides is 1. The summed E-state index contributed by atoms with van der Waals surface area (Å²) in [5, 5.41) is 0. The molecule has 5 nitrogen and oxygen atoms in total. The molecule has 1 aliphatic rings. The van der Waals surface area contributed by atoms with Gasteiger partial charge in [0.2, 0.25) is 11.8 Å². The van der Waals surface area contributed by atoms with Gasteiger partial charge in [-0.3, -0.25) is 4.79 Å². The van der Waals surface area contributed by atoms with Crippen LogP contribution in [0.3, 0.4) is 0 Å². The number of oxazole rings is 1. The molecule has 19 heavy (non-hydrogen) atoms. The third-order valence-corrected chi connectivity index (χ3v) is 3.03. The van der Waals surface area contributed by atoms with Gasteiger partial charge in [-0.05, 0) is 26.9 Å². The van der Waals surface area contributed by atoms with Gasteiger partial charge in [0.05, 0.1) is 12.7 Å². The van der Waals surface area contributed by atoms with E-state index in [-0.39, 0.29) is 5.91 Å². The average molecular weight is 263 g/mol. The second-order valence-corrected chi connectivity index (χ2v) is 5.29. The Kier molecular flexibility index (Phi) is 4.37. The van der Waals surface area contributed by atoms with Gasteiger partial charge in [0.25, 0.3) is 0 Å². The van der Waals surface area contributed by atoms with Crippen molar-refractivity contribution in [3.8, 4) is 0 Å². The van der Waals surface area contributed by atoms with E-state index in [1.165, 1.54) is 12.8 Å². The number of aromatic nitrogens is 1. The molecule has 0 aliphatic heterocycles. The van der Waals surface area contributed by atoms with E-state index in [2.05, 4.69) is 4.98 Å². The van der Waals surface area contributed by atoms with Gasteiger partial charge in [0.15, 0.2) is 0 Å². The van der Waals surface area contributed by atoms with Gasteiger partial charge < -0.3 is 14.2 Å². The lowest BCUT2D eigenvalue weighted by atomic mass is 10.3. The molecule has 1 aromatic rings. The minimum Gasteiger partial charge on any atom is -0.443 e. The molecule has 2 rings (SSSR count). The van der Waals surface area contributed by atoms with E-state index in [9.17, 15) is 4.79 Å². The highest BCUT2D eigenvalue weighted by atomic mass is 16.4. The smallest absolute Gasteiger partial charge is 0.246 e. The Labute approximate surface area is 113 Å². The quantitative estimate of drug-likeness (QED) is 0.732. The molecule has 1 amide bonds. The Morgan fingerprint density at radius 1 is 1.47 bits per heavy atom. The van der Waals surface area contributed by atoms with Crippen molar-refractivity contribution in [2.75, 3.05) is 27.7 Å². The van der Waals surface area contributed by atoms with E-state index in [1.807, 2.05) is 25.1 Å². The summed E-state index contributed by atoms with van der Waals surface area (Å²) in [5.74, 6) is 2.09. The molecule has 0 unspecified atom stereocenters. The minimum absolute atomic E-state index is 0.0342. The fourth-order valence-corrected chi connectivity index (χ4v) is 1.73. The van der Waals surface area contributed by atoms with Crippen LogP contribution < -0.4 is 0 Å². The predicted molar refractivity (Wildman–Crippen MR) is 72.6 cm³/mol. The maximum Gasteiger partial charge on any atom is 0.246 e. The van der Waals surface area contributed by atoms with Gasteiger partial charge in [-0.2, -0.15) is 0 Å². The molecule has 1 saturated carbocycles. The lowest BCUT2D eigenvalue weighted by molar-refractivity contribution is -0.125.